The monoisotopic (exact) mass is 515 g/mol. The van der Waals surface area contributed by atoms with Crippen molar-refractivity contribution in [2.24, 2.45) is 5.41 Å². The van der Waals surface area contributed by atoms with Crippen LogP contribution in [0.5, 0.6) is 5.75 Å². The molecule has 0 atom stereocenters. The molecule has 3 aliphatic carbocycles. The number of Topliss-reactive ketones (excluding diaryl/α,β-unsaturated/α-hetero) is 1. The molecule has 3 aliphatic rings. The Kier molecular flexibility index (Phi) is 6.40. The summed E-state index contributed by atoms with van der Waals surface area (Å²) in [5.74, 6) is 9.96. The number of pyridine rings is 1. The molecule has 39 heavy (non-hydrogen) atoms. The molecule has 5 heteroatoms. The second-order valence-corrected chi connectivity index (χ2v) is 11.4. The van der Waals surface area contributed by atoms with E-state index in [-0.39, 0.29) is 11.2 Å². The normalized spacial score (nSPS) is 19.0. The minimum absolute atomic E-state index is 0.00215. The fourth-order valence-corrected chi connectivity index (χ4v) is 5.90. The Bertz CT molecular complexity index is 1620. The van der Waals surface area contributed by atoms with Crippen molar-refractivity contribution in [3.63, 3.8) is 0 Å². The van der Waals surface area contributed by atoms with Gasteiger partial charge in [-0.25, -0.2) is 4.98 Å². The Hall–Kier alpha value is -4.09. The van der Waals surface area contributed by atoms with E-state index in [9.17, 15) is 4.79 Å². The van der Waals surface area contributed by atoms with Crippen LogP contribution in [0, 0.1) is 29.6 Å². The van der Waals surface area contributed by atoms with E-state index >= 15 is 0 Å². The Balaban J connectivity index is 1.54. The average molecular weight is 516 g/mol. The smallest absolute Gasteiger partial charge is 0.207 e. The van der Waals surface area contributed by atoms with Crippen LogP contribution in [-0.2, 0) is 12.8 Å². The molecule has 0 N–H and O–H groups in total. The van der Waals surface area contributed by atoms with Gasteiger partial charge in [0.2, 0.25) is 5.78 Å². The number of methoxy groups -OCH3 is 1. The largest absolute Gasteiger partial charge is 0.495 e. The van der Waals surface area contributed by atoms with Gasteiger partial charge in [-0.15, -0.1) is 18.3 Å². The number of ketones is 1. The molecule has 0 amide bonds. The van der Waals surface area contributed by atoms with Gasteiger partial charge in [0, 0.05) is 35.6 Å². The maximum atomic E-state index is 14.4. The molecule has 1 saturated carbocycles. The van der Waals surface area contributed by atoms with Crippen molar-refractivity contribution < 1.29 is 9.53 Å². The van der Waals surface area contributed by atoms with Gasteiger partial charge in [0.25, 0.3) is 0 Å². The third-order valence-corrected chi connectivity index (χ3v) is 8.45. The summed E-state index contributed by atoms with van der Waals surface area (Å²) >= 11 is 0. The summed E-state index contributed by atoms with van der Waals surface area (Å²) in [4.78, 5) is 19.5. The number of benzene rings is 1. The Labute approximate surface area is 230 Å². The zero-order valence-corrected chi connectivity index (χ0v) is 22.9. The molecule has 6 rings (SSSR count). The maximum Gasteiger partial charge on any atom is 0.207 e. The van der Waals surface area contributed by atoms with Gasteiger partial charge in [-0.3, -0.25) is 9.48 Å². The van der Waals surface area contributed by atoms with Crippen molar-refractivity contribution in [1.29, 1.82) is 0 Å². The summed E-state index contributed by atoms with van der Waals surface area (Å²) in [5, 5.41) is 4.65. The van der Waals surface area contributed by atoms with Crippen LogP contribution in [-0.4, -0.2) is 27.7 Å². The fraction of sp³-hybridized carbons (Fsp3) is 0.382. The molecule has 3 aromatic rings. The van der Waals surface area contributed by atoms with Crippen LogP contribution in [0.4, 0.5) is 0 Å². The number of carbonyl (C=O) groups is 1. The Morgan fingerprint density at radius 3 is 2.77 bits per heavy atom. The molecule has 0 bridgehead atoms. The molecule has 1 fully saturated rings. The summed E-state index contributed by atoms with van der Waals surface area (Å²) in [6.07, 6.45) is 19.1. The number of terminal acetylenes is 1. The van der Waals surface area contributed by atoms with Gasteiger partial charge in [-0.1, -0.05) is 25.8 Å². The van der Waals surface area contributed by atoms with E-state index in [0.29, 0.717) is 29.5 Å². The van der Waals surface area contributed by atoms with E-state index in [4.69, 9.17) is 16.1 Å². The lowest BCUT2D eigenvalue weighted by molar-refractivity contribution is 0.100. The minimum atomic E-state index is -0.360. The maximum absolute atomic E-state index is 14.4. The van der Waals surface area contributed by atoms with Gasteiger partial charge >= 0.3 is 0 Å². The van der Waals surface area contributed by atoms with Crippen molar-refractivity contribution in [3.05, 3.63) is 64.6 Å². The fourth-order valence-electron chi connectivity index (χ4n) is 5.90. The van der Waals surface area contributed by atoms with E-state index in [2.05, 4.69) is 59.7 Å². The van der Waals surface area contributed by atoms with Crippen LogP contribution in [0.1, 0.15) is 85.6 Å². The highest BCUT2D eigenvalue weighted by Crippen LogP contribution is 2.42. The zero-order valence-electron chi connectivity index (χ0n) is 22.9. The molecular formula is C34H33N3O2. The first-order valence-electron chi connectivity index (χ1n) is 13.9. The van der Waals surface area contributed by atoms with E-state index in [1.807, 2.05) is 18.3 Å². The predicted molar refractivity (Wildman–Crippen MR) is 153 cm³/mol. The van der Waals surface area contributed by atoms with Crippen molar-refractivity contribution in [1.82, 2.24) is 14.8 Å². The highest BCUT2D eigenvalue weighted by molar-refractivity contribution is 6.10. The van der Waals surface area contributed by atoms with Crippen LogP contribution >= 0.6 is 0 Å². The van der Waals surface area contributed by atoms with Crippen LogP contribution < -0.4 is 4.74 Å². The van der Waals surface area contributed by atoms with Crippen molar-refractivity contribution >= 4 is 5.78 Å². The third kappa shape index (κ3) is 4.47. The summed E-state index contributed by atoms with van der Waals surface area (Å²) < 4.78 is 7.62. The molecule has 0 aliphatic heterocycles. The van der Waals surface area contributed by atoms with Gasteiger partial charge in [0.15, 0.2) is 0 Å². The summed E-state index contributed by atoms with van der Waals surface area (Å²) in [7, 11) is 1.65. The number of fused-ring (bicyclic) bond motifs is 3. The first-order valence-corrected chi connectivity index (χ1v) is 13.9. The van der Waals surface area contributed by atoms with E-state index in [0.717, 1.165) is 72.0 Å². The summed E-state index contributed by atoms with van der Waals surface area (Å²) in [6, 6.07) is 6.63. The van der Waals surface area contributed by atoms with Crippen molar-refractivity contribution in [2.75, 3.05) is 7.11 Å². The lowest BCUT2D eigenvalue weighted by atomic mass is 9.75. The number of nitrogens with zero attached hydrogens (tertiary/aromatic N) is 3. The van der Waals surface area contributed by atoms with Gasteiger partial charge in [-0.2, -0.15) is 5.10 Å². The topological polar surface area (TPSA) is 57.0 Å². The van der Waals surface area contributed by atoms with Crippen LogP contribution in [0.25, 0.3) is 22.4 Å². The molecule has 2 aromatic heterocycles. The molecular weight excluding hydrogens is 482 g/mol. The lowest BCUT2D eigenvalue weighted by Gasteiger charge is -2.28. The van der Waals surface area contributed by atoms with Gasteiger partial charge in [0.1, 0.15) is 11.4 Å². The molecule has 0 spiro atoms. The molecule has 0 saturated heterocycles. The van der Waals surface area contributed by atoms with Crippen molar-refractivity contribution in [2.45, 2.75) is 71.3 Å². The minimum Gasteiger partial charge on any atom is -0.495 e. The number of allylic oxidation sites excluding steroid dienone is 2. The zero-order chi connectivity index (χ0) is 27.1. The first-order chi connectivity index (χ1) is 18.9. The van der Waals surface area contributed by atoms with Gasteiger partial charge in [-0.05, 0) is 79.0 Å². The standard InChI is InChI=1S/C34H33N3O2/c1-5-22-17-27-23(18-31(22)39-4)14-15-26-28(27)19-30(24-20-35-37(21-24)25-11-10-12-25)36-32(26)33(38)29-13-8-6-7-9-16-34(29,2)3/h1,13,17-21,25H,6,8,10-12,14-16H2,2-4H3/b29-13+. The van der Waals surface area contributed by atoms with E-state index < -0.39 is 0 Å². The molecule has 5 nitrogen and oxygen atoms in total. The number of rotatable bonds is 5. The number of hydrogen-bond donors (Lipinski definition) is 0. The second-order valence-electron chi connectivity index (χ2n) is 11.4. The molecule has 0 radical (unpaired) electrons. The first kappa shape index (κ1) is 25.2. The molecule has 1 aromatic carbocycles. The summed E-state index contributed by atoms with van der Waals surface area (Å²) in [6.45, 7) is 4.22. The quantitative estimate of drug-likeness (QED) is 0.279. The highest BCUT2D eigenvalue weighted by Gasteiger charge is 2.33. The van der Waals surface area contributed by atoms with E-state index in [1.165, 1.54) is 12.0 Å². The van der Waals surface area contributed by atoms with E-state index in [1.54, 1.807) is 7.11 Å². The number of carbonyl (C=O) groups excluding carboxylic acids is 1. The molecule has 2 heterocycles. The summed E-state index contributed by atoms with van der Waals surface area (Å²) in [5.41, 5.74) is 7.59. The molecule has 196 valence electrons. The van der Waals surface area contributed by atoms with Crippen LogP contribution in [0.3, 0.4) is 0 Å². The number of aromatic nitrogens is 3. The Morgan fingerprint density at radius 1 is 1.18 bits per heavy atom. The number of ether oxygens (including phenoxy) is 1. The number of aryl methyl sites for hydroxylation is 1. The van der Waals surface area contributed by atoms with Gasteiger partial charge < -0.3 is 4.74 Å². The second kappa shape index (κ2) is 9.90. The predicted octanol–water partition coefficient (Wildman–Crippen LogP) is 6.75. The average Bonchev–Trinajstić information content (AvgIpc) is 3.37. The SMILES string of the molecule is C#Cc1cc2c(cc1OC)CCc1c-2cc(-c2cnn(C3CCC3)c2)nc1C(=O)/C1=C\CCC#CCC1(C)C. The third-order valence-electron chi connectivity index (χ3n) is 8.45. The lowest BCUT2D eigenvalue weighted by Crippen LogP contribution is -2.24. The van der Waals surface area contributed by atoms with Gasteiger partial charge in [0.05, 0.1) is 30.6 Å². The number of hydrogen-bond acceptors (Lipinski definition) is 4. The highest BCUT2D eigenvalue weighted by atomic mass is 16.5. The molecule has 0 unspecified atom stereocenters. The Morgan fingerprint density at radius 2 is 2.03 bits per heavy atom. The van der Waals surface area contributed by atoms with Crippen LogP contribution in [0.15, 0.2) is 42.2 Å². The van der Waals surface area contributed by atoms with Crippen LogP contribution in [0.2, 0.25) is 0 Å². The van der Waals surface area contributed by atoms with Crippen molar-refractivity contribution in [3.8, 4) is 52.3 Å².